The van der Waals surface area contributed by atoms with E-state index in [-0.39, 0.29) is 32.0 Å². The van der Waals surface area contributed by atoms with E-state index in [2.05, 4.69) is 16.0 Å². The van der Waals surface area contributed by atoms with Crippen LogP contribution in [0.5, 0.6) is 0 Å². The van der Waals surface area contributed by atoms with Gasteiger partial charge in [0.15, 0.2) is 0 Å². The summed E-state index contributed by atoms with van der Waals surface area (Å²) < 4.78 is 10.0. The molecule has 15 heteroatoms. The predicted octanol–water partition coefficient (Wildman–Crippen LogP) is -0.156. The quantitative estimate of drug-likeness (QED) is 0.0689. The number of urea groups is 1. The summed E-state index contributed by atoms with van der Waals surface area (Å²) in [6, 6.07) is -3.79. The number of hydrogen-bond acceptors (Lipinski definition) is 9. The Kier molecular flexibility index (Phi) is 18.7. The molecule has 38 heavy (non-hydrogen) atoms. The summed E-state index contributed by atoms with van der Waals surface area (Å²) in [5.74, 6) is -4.84. The molecule has 0 spiro atoms. The molecule has 1 unspecified atom stereocenters. The lowest BCUT2D eigenvalue weighted by Crippen LogP contribution is -2.51. The number of carbonyl (C=O) groups excluding carboxylic acids is 3. The summed E-state index contributed by atoms with van der Waals surface area (Å²) in [6.07, 6.45) is 1.32. The molecule has 218 valence electrons. The van der Waals surface area contributed by atoms with Crippen LogP contribution in [0, 0.1) is 0 Å². The lowest BCUT2D eigenvalue weighted by molar-refractivity contribution is -0.154. The Labute approximate surface area is 220 Å². The topological polar surface area (TPSA) is 238 Å². The second-order valence-corrected chi connectivity index (χ2v) is 8.44. The molecule has 0 saturated carbocycles. The van der Waals surface area contributed by atoms with Crippen molar-refractivity contribution in [3.05, 3.63) is 0 Å². The van der Waals surface area contributed by atoms with Gasteiger partial charge in [0, 0.05) is 26.0 Å². The van der Waals surface area contributed by atoms with Gasteiger partial charge in [0.1, 0.15) is 24.8 Å². The van der Waals surface area contributed by atoms with E-state index in [0.717, 1.165) is 12.8 Å². The number of aliphatic hydroxyl groups is 1. The molecule has 7 N–H and O–H groups in total. The van der Waals surface area contributed by atoms with Gasteiger partial charge in [-0.25, -0.2) is 19.2 Å². The van der Waals surface area contributed by atoms with Gasteiger partial charge in [-0.1, -0.05) is 6.42 Å². The van der Waals surface area contributed by atoms with E-state index >= 15 is 0 Å². The average molecular weight is 550 g/mol. The van der Waals surface area contributed by atoms with Crippen molar-refractivity contribution in [1.82, 2.24) is 16.0 Å². The van der Waals surface area contributed by atoms with Crippen LogP contribution in [0.1, 0.15) is 64.7 Å². The van der Waals surface area contributed by atoms with Crippen molar-refractivity contribution in [3.8, 4) is 0 Å². The van der Waals surface area contributed by atoms with Gasteiger partial charge in [0.05, 0.1) is 6.61 Å². The molecule has 0 fully saturated rings. The first-order chi connectivity index (χ1) is 17.9. The molecule has 0 saturated heterocycles. The van der Waals surface area contributed by atoms with Crippen molar-refractivity contribution in [3.63, 3.8) is 0 Å². The fourth-order valence-corrected chi connectivity index (χ4v) is 3.02. The molecule has 0 aromatic rings. The van der Waals surface area contributed by atoms with Crippen LogP contribution < -0.4 is 16.0 Å². The van der Waals surface area contributed by atoms with Crippen molar-refractivity contribution in [2.45, 2.75) is 82.9 Å². The molecular weight excluding hydrogens is 510 g/mol. The molecule has 0 bridgehead atoms. The Bertz CT molecular complexity index is 775. The van der Waals surface area contributed by atoms with Crippen molar-refractivity contribution in [2.24, 2.45) is 0 Å². The number of amides is 3. The zero-order chi connectivity index (χ0) is 28.9. The van der Waals surface area contributed by atoms with Gasteiger partial charge >= 0.3 is 29.9 Å². The fraction of sp³-hybridized carbons (Fsp3) is 0.739. The number of esters is 1. The van der Waals surface area contributed by atoms with E-state index in [1.54, 1.807) is 0 Å². The number of ether oxygens (including phenoxy) is 2. The number of aliphatic carboxylic acids is 3. The van der Waals surface area contributed by atoms with Crippen LogP contribution in [-0.2, 0) is 33.4 Å². The SMILES string of the molecule is CC(O)C(=O)OCCOCCCCCC(=O)NCCCC[C@H](NC(=O)N[C@@H](CCC(=O)O)C(=O)O)C(=O)O. The maximum atomic E-state index is 12.0. The number of carboxylic acids is 3. The van der Waals surface area contributed by atoms with Gasteiger partial charge in [0.2, 0.25) is 5.91 Å². The third kappa shape index (κ3) is 18.8. The molecule has 0 aromatic heterocycles. The van der Waals surface area contributed by atoms with Crippen molar-refractivity contribution >= 4 is 35.8 Å². The summed E-state index contributed by atoms with van der Waals surface area (Å²) in [5.41, 5.74) is 0. The molecule has 0 aliphatic heterocycles. The van der Waals surface area contributed by atoms with Crippen LogP contribution in [0.3, 0.4) is 0 Å². The molecule has 0 aromatic carbocycles. The number of carboxylic acid groups (broad SMARTS) is 3. The number of rotatable bonds is 22. The smallest absolute Gasteiger partial charge is 0.334 e. The first kappa shape index (κ1) is 34.5. The lowest BCUT2D eigenvalue weighted by Gasteiger charge is -2.18. The van der Waals surface area contributed by atoms with Crippen LogP contribution in [0.25, 0.3) is 0 Å². The highest BCUT2D eigenvalue weighted by Gasteiger charge is 2.24. The molecular formula is C23H39N3O12. The van der Waals surface area contributed by atoms with Crippen LogP contribution in [0.4, 0.5) is 4.79 Å². The largest absolute Gasteiger partial charge is 0.481 e. The molecule has 0 rings (SSSR count). The third-order valence-electron chi connectivity index (χ3n) is 5.10. The minimum absolute atomic E-state index is 0.0454. The van der Waals surface area contributed by atoms with Gasteiger partial charge in [-0.15, -0.1) is 0 Å². The number of hydrogen-bond donors (Lipinski definition) is 7. The van der Waals surface area contributed by atoms with Gasteiger partial charge in [-0.3, -0.25) is 9.59 Å². The van der Waals surface area contributed by atoms with Gasteiger partial charge in [-0.05, 0) is 45.4 Å². The molecule has 3 atom stereocenters. The Morgan fingerprint density at radius 3 is 1.95 bits per heavy atom. The first-order valence-corrected chi connectivity index (χ1v) is 12.4. The Morgan fingerprint density at radius 1 is 0.737 bits per heavy atom. The normalized spacial score (nSPS) is 13.0. The van der Waals surface area contributed by atoms with E-state index < -0.39 is 54.5 Å². The van der Waals surface area contributed by atoms with Crippen molar-refractivity contribution in [2.75, 3.05) is 26.4 Å². The zero-order valence-electron chi connectivity index (χ0n) is 21.5. The van der Waals surface area contributed by atoms with E-state index in [0.29, 0.717) is 38.8 Å². The molecule has 0 aliphatic rings. The zero-order valence-corrected chi connectivity index (χ0v) is 21.5. The van der Waals surface area contributed by atoms with Crippen LogP contribution in [0.15, 0.2) is 0 Å². The Hall–Kier alpha value is -3.46. The monoisotopic (exact) mass is 549 g/mol. The minimum atomic E-state index is -1.48. The van der Waals surface area contributed by atoms with Gasteiger partial charge in [0.25, 0.3) is 0 Å². The number of unbranched alkanes of at least 4 members (excludes halogenated alkanes) is 3. The second kappa shape index (κ2) is 20.6. The minimum Gasteiger partial charge on any atom is -0.481 e. The van der Waals surface area contributed by atoms with E-state index in [1.165, 1.54) is 6.92 Å². The summed E-state index contributed by atoms with van der Waals surface area (Å²) in [5, 5.41) is 42.9. The number of aliphatic hydroxyl groups excluding tert-OH is 1. The van der Waals surface area contributed by atoms with E-state index in [1.807, 2.05) is 0 Å². The third-order valence-corrected chi connectivity index (χ3v) is 5.10. The van der Waals surface area contributed by atoms with Crippen LogP contribution in [0.2, 0.25) is 0 Å². The summed E-state index contributed by atoms with van der Waals surface area (Å²) in [6.45, 7) is 2.36. The second-order valence-electron chi connectivity index (χ2n) is 8.44. The highest BCUT2D eigenvalue weighted by Crippen LogP contribution is 2.04. The highest BCUT2D eigenvalue weighted by molar-refractivity contribution is 5.86. The maximum Gasteiger partial charge on any atom is 0.334 e. The first-order valence-electron chi connectivity index (χ1n) is 12.4. The molecule has 3 amide bonds. The predicted molar refractivity (Wildman–Crippen MR) is 130 cm³/mol. The van der Waals surface area contributed by atoms with Crippen LogP contribution >= 0.6 is 0 Å². The summed E-state index contributed by atoms with van der Waals surface area (Å²) >= 11 is 0. The maximum absolute atomic E-state index is 12.0. The van der Waals surface area contributed by atoms with E-state index in [9.17, 15) is 33.9 Å². The van der Waals surface area contributed by atoms with Crippen molar-refractivity contribution < 1.29 is 58.7 Å². The molecule has 0 aliphatic carbocycles. The van der Waals surface area contributed by atoms with E-state index in [4.69, 9.17) is 24.8 Å². The molecule has 15 nitrogen and oxygen atoms in total. The lowest BCUT2D eigenvalue weighted by atomic mass is 10.1. The number of carbonyl (C=O) groups is 6. The van der Waals surface area contributed by atoms with Gasteiger partial charge < -0.3 is 45.9 Å². The van der Waals surface area contributed by atoms with Gasteiger partial charge in [-0.2, -0.15) is 0 Å². The standard InChI is InChI=1S/C23H39N3O12/c1-15(27)22(35)38-14-13-37-12-6-2-3-8-18(28)24-11-5-4-7-16(20(31)32)25-23(36)26-17(21(33)34)9-10-19(29)30/h15-17,27H,2-14H2,1H3,(H,24,28)(H,29,30)(H,31,32)(H,33,34)(H2,25,26,36)/t15?,16-,17-/m0/s1. The average Bonchev–Trinajstić information content (AvgIpc) is 2.83. The Morgan fingerprint density at radius 2 is 1.37 bits per heavy atom. The molecule has 0 heterocycles. The highest BCUT2D eigenvalue weighted by atomic mass is 16.6. The van der Waals surface area contributed by atoms with Crippen molar-refractivity contribution in [1.29, 1.82) is 0 Å². The fourth-order valence-electron chi connectivity index (χ4n) is 3.02. The van der Waals surface area contributed by atoms with Crippen LogP contribution in [-0.4, -0.2) is 101 Å². The Balaban J connectivity index is 3.97. The summed E-state index contributed by atoms with van der Waals surface area (Å²) in [4.78, 5) is 68.0. The molecule has 0 radical (unpaired) electrons. The number of nitrogens with one attached hydrogen (secondary N) is 3. The summed E-state index contributed by atoms with van der Waals surface area (Å²) in [7, 11) is 0.